The highest BCUT2D eigenvalue weighted by molar-refractivity contribution is 5.73. The smallest absolute Gasteiger partial charge is 0.184 e. The number of hydrogen-bond donors (Lipinski definition) is 1. The van der Waals surface area contributed by atoms with Crippen molar-refractivity contribution in [3.05, 3.63) is 18.2 Å². The molecule has 3 rings (SSSR count). The summed E-state index contributed by atoms with van der Waals surface area (Å²) in [6, 6.07) is 5.46. The van der Waals surface area contributed by atoms with Gasteiger partial charge in [0.2, 0.25) is 0 Å². The molecular weight excluding hydrogens is 270 g/mol. The van der Waals surface area contributed by atoms with Crippen molar-refractivity contribution in [2.75, 3.05) is 19.5 Å². The lowest BCUT2D eigenvalue weighted by Gasteiger charge is -2.28. The standard InChI is InChI=1S/C14H19N5O2/c1-9-14(2,6-7-21-9)19-13(16-17-18-19)11-8-10(20-3)4-5-12(11)15/h4-5,8-9H,6-7,15H2,1-3H3. The number of anilines is 1. The molecule has 2 unspecified atom stereocenters. The van der Waals surface area contributed by atoms with Crippen molar-refractivity contribution in [1.82, 2.24) is 20.2 Å². The van der Waals surface area contributed by atoms with Crippen molar-refractivity contribution in [1.29, 1.82) is 0 Å². The number of nitrogen functional groups attached to an aromatic ring is 1. The maximum Gasteiger partial charge on any atom is 0.184 e. The average molecular weight is 289 g/mol. The highest BCUT2D eigenvalue weighted by Gasteiger charge is 2.42. The van der Waals surface area contributed by atoms with Crippen LogP contribution in [0.25, 0.3) is 11.4 Å². The molecule has 112 valence electrons. The van der Waals surface area contributed by atoms with Crippen molar-refractivity contribution in [3.63, 3.8) is 0 Å². The Morgan fingerprint density at radius 3 is 2.95 bits per heavy atom. The van der Waals surface area contributed by atoms with Crippen LogP contribution in [0.5, 0.6) is 5.75 Å². The fraction of sp³-hybridized carbons (Fsp3) is 0.500. The van der Waals surface area contributed by atoms with Crippen molar-refractivity contribution in [3.8, 4) is 17.1 Å². The van der Waals surface area contributed by atoms with Crippen LogP contribution in [0.1, 0.15) is 20.3 Å². The van der Waals surface area contributed by atoms with Crippen molar-refractivity contribution in [2.45, 2.75) is 31.9 Å². The van der Waals surface area contributed by atoms with Gasteiger partial charge in [-0.2, -0.15) is 0 Å². The lowest BCUT2D eigenvalue weighted by Crippen LogP contribution is -2.38. The molecule has 0 saturated carbocycles. The molecule has 1 aromatic heterocycles. The molecule has 1 aliphatic heterocycles. The highest BCUT2D eigenvalue weighted by Crippen LogP contribution is 2.37. The van der Waals surface area contributed by atoms with Gasteiger partial charge in [0.15, 0.2) is 5.82 Å². The number of nitrogens with two attached hydrogens (primary N) is 1. The van der Waals surface area contributed by atoms with Crippen LogP contribution in [0, 0.1) is 0 Å². The van der Waals surface area contributed by atoms with Crippen LogP contribution in [0.3, 0.4) is 0 Å². The Balaban J connectivity index is 2.11. The van der Waals surface area contributed by atoms with E-state index in [2.05, 4.69) is 22.4 Å². The maximum absolute atomic E-state index is 6.09. The maximum atomic E-state index is 6.09. The molecule has 0 aliphatic carbocycles. The summed E-state index contributed by atoms with van der Waals surface area (Å²) >= 11 is 0. The third kappa shape index (κ3) is 2.13. The molecule has 1 aromatic carbocycles. The number of aromatic nitrogens is 4. The van der Waals surface area contributed by atoms with Crippen LogP contribution in [0.4, 0.5) is 5.69 Å². The summed E-state index contributed by atoms with van der Waals surface area (Å²) in [7, 11) is 1.62. The molecule has 0 amide bonds. The van der Waals surface area contributed by atoms with E-state index in [1.165, 1.54) is 0 Å². The van der Waals surface area contributed by atoms with E-state index in [1.54, 1.807) is 13.2 Å². The number of hydrogen-bond acceptors (Lipinski definition) is 6. The van der Waals surface area contributed by atoms with Crippen LogP contribution in [0.15, 0.2) is 18.2 Å². The van der Waals surface area contributed by atoms with E-state index in [0.29, 0.717) is 18.1 Å². The second-order valence-electron chi connectivity index (χ2n) is 5.49. The van der Waals surface area contributed by atoms with Gasteiger partial charge in [-0.1, -0.05) is 0 Å². The van der Waals surface area contributed by atoms with E-state index in [0.717, 1.165) is 17.7 Å². The Morgan fingerprint density at radius 2 is 2.29 bits per heavy atom. The van der Waals surface area contributed by atoms with Gasteiger partial charge in [-0.05, 0) is 48.9 Å². The number of benzene rings is 1. The van der Waals surface area contributed by atoms with Crippen molar-refractivity contribution < 1.29 is 9.47 Å². The fourth-order valence-electron chi connectivity index (χ4n) is 2.66. The molecule has 2 N–H and O–H groups in total. The van der Waals surface area contributed by atoms with Gasteiger partial charge in [0, 0.05) is 17.9 Å². The van der Waals surface area contributed by atoms with Crippen LogP contribution in [-0.4, -0.2) is 40.0 Å². The largest absolute Gasteiger partial charge is 0.497 e. The summed E-state index contributed by atoms with van der Waals surface area (Å²) in [5.41, 5.74) is 7.18. The van der Waals surface area contributed by atoms with E-state index in [4.69, 9.17) is 15.2 Å². The predicted octanol–water partition coefficient (Wildman–Crippen LogP) is 1.45. The summed E-state index contributed by atoms with van der Waals surface area (Å²) in [6.45, 7) is 4.83. The molecule has 2 heterocycles. The average Bonchev–Trinajstić information content (AvgIpc) is 3.08. The minimum Gasteiger partial charge on any atom is -0.497 e. The summed E-state index contributed by atoms with van der Waals surface area (Å²) in [5, 5.41) is 12.2. The lowest BCUT2D eigenvalue weighted by atomic mass is 9.94. The Morgan fingerprint density at radius 1 is 1.48 bits per heavy atom. The molecule has 1 saturated heterocycles. The highest BCUT2D eigenvalue weighted by atomic mass is 16.5. The first-order chi connectivity index (χ1) is 10.1. The number of tetrazole rings is 1. The van der Waals surface area contributed by atoms with E-state index in [-0.39, 0.29) is 11.6 Å². The Kier molecular flexibility index (Phi) is 3.29. The van der Waals surface area contributed by atoms with Gasteiger partial charge in [-0.15, -0.1) is 5.10 Å². The molecule has 1 aliphatic rings. The molecule has 7 heteroatoms. The minimum atomic E-state index is -0.283. The first-order valence-electron chi connectivity index (χ1n) is 6.90. The van der Waals surface area contributed by atoms with E-state index in [1.807, 2.05) is 23.7 Å². The van der Waals surface area contributed by atoms with Gasteiger partial charge in [-0.25, -0.2) is 4.68 Å². The summed E-state index contributed by atoms with van der Waals surface area (Å²) in [5.74, 6) is 1.35. The van der Waals surface area contributed by atoms with Crippen molar-refractivity contribution >= 4 is 5.69 Å². The molecule has 0 bridgehead atoms. The van der Waals surface area contributed by atoms with Gasteiger partial charge in [0.1, 0.15) is 5.75 Å². The zero-order chi connectivity index (χ0) is 15.0. The summed E-state index contributed by atoms with van der Waals surface area (Å²) in [4.78, 5) is 0. The SMILES string of the molecule is COc1ccc(N)c(-c2nnnn2C2(C)CCOC2C)c1. The van der Waals surface area contributed by atoms with Gasteiger partial charge < -0.3 is 15.2 Å². The third-order valence-electron chi connectivity index (χ3n) is 4.31. The number of ether oxygens (including phenoxy) is 2. The molecule has 21 heavy (non-hydrogen) atoms. The second kappa shape index (κ2) is 5.00. The second-order valence-corrected chi connectivity index (χ2v) is 5.49. The quantitative estimate of drug-likeness (QED) is 0.860. The normalized spacial score (nSPS) is 25.2. The van der Waals surface area contributed by atoms with Gasteiger partial charge in [0.25, 0.3) is 0 Å². The molecule has 2 atom stereocenters. The summed E-state index contributed by atoms with van der Waals surface area (Å²) in [6.07, 6.45) is 0.891. The Bertz CT molecular complexity index is 657. The number of methoxy groups -OCH3 is 1. The van der Waals surface area contributed by atoms with Crippen LogP contribution in [0.2, 0.25) is 0 Å². The number of nitrogens with zero attached hydrogens (tertiary/aromatic N) is 4. The lowest BCUT2D eigenvalue weighted by molar-refractivity contribution is 0.0706. The van der Waals surface area contributed by atoms with Crippen molar-refractivity contribution in [2.24, 2.45) is 0 Å². The molecule has 1 fully saturated rings. The zero-order valence-electron chi connectivity index (χ0n) is 12.4. The first kappa shape index (κ1) is 13.8. The van der Waals surface area contributed by atoms with Gasteiger partial charge in [0.05, 0.1) is 18.8 Å². The molecule has 7 nitrogen and oxygen atoms in total. The topological polar surface area (TPSA) is 88.1 Å². The zero-order valence-corrected chi connectivity index (χ0v) is 12.4. The molecule has 0 spiro atoms. The third-order valence-corrected chi connectivity index (χ3v) is 4.31. The minimum absolute atomic E-state index is 0.0339. The molecule has 2 aromatic rings. The number of rotatable bonds is 3. The first-order valence-corrected chi connectivity index (χ1v) is 6.90. The fourth-order valence-corrected chi connectivity index (χ4v) is 2.66. The van der Waals surface area contributed by atoms with Crippen LogP contribution in [-0.2, 0) is 10.3 Å². The van der Waals surface area contributed by atoms with Gasteiger partial charge in [-0.3, -0.25) is 0 Å². The van der Waals surface area contributed by atoms with E-state index < -0.39 is 0 Å². The molecule has 0 radical (unpaired) electrons. The summed E-state index contributed by atoms with van der Waals surface area (Å²) < 4.78 is 12.8. The Hall–Kier alpha value is -2.15. The molecular formula is C14H19N5O2. The Labute approximate surface area is 123 Å². The van der Waals surface area contributed by atoms with Crippen LogP contribution < -0.4 is 10.5 Å². The monoisotopic (exact) mass is 289 g/mol. The van der Waals surface area contributed by atoms with E-state index >= 15 is 0 Å². The predicted molar refractivity (Wildman–Crippen MR) is 77.9 cm³/mol. The van der Waals surface area contributed by atoms with E-state index in [9.17, 15) is 0 Å². The van der Waals surface area contributed by atoms with Gasteiger partial charge >= 0.3 is 0 Å². The van der Waals surface area contributed by atoms with Crippen LogP contribution >= 0.6 is 0 Å².